The molecule has 0 aromatic rings. The molecular formula is C10H20N4O2. The monoisotopic (exact) mass is 228 g/mol. The molecule has 0 spiro atoms. The Hall–Kier alpha value is -1.46. The third-order valence-corrected chi connectivity index (χ3v) is 2.92. The number of amides is 4. The van der Waals surface area contributed by atoms with Crippen LogP contribution in [0.25, 0.3) is 0 Å². The molecule has 0 aliphatic carbocycles. The molecule has 1 fully saturated rings. The topological polar surface area (TPSA) is 96.2 Å². The van der Waals surface area contributed by atoms with Crippen LogP contribution in [0.1, 0.15) is 33.1 Å². The Morgan fingerprint density at radius 3 is 2.62 bits per heavy atom. The standard InChI is InChI=1S/C10H20N4O2/c1-3-5-7-6(4-2)8(13-9(11)15)14-10(16)12-7/h6-8H,3-5H2,1-2H3,(H3,11,13,15)(H2,12,14,16). The van der Waals surface area contributed by atoms with Crippen LogP contribution in [0.4, 0.5) is 9.59 Å². The number of carbonyl (C=O) groups excluding carboxylic acids is 2. The predicted octanol–water partition coefficient (Wildman–Crippen LogP) is 0.489. The van der Waals surface area contributed by atoms with Crippen molar-refractivity contribution in [1.29, 1.82) is 0 Å². The fraction of sp³-hybridized carbons (Fsp3) is 0.800. The Labute approximate surface area is 95.3 Å². The van der Waals surface area contributed by atoms with Crippen LogP contribution in [-0.4, -0.2) is 24.3 Å². The van der Waals surface area contributed by atoms with E-state index in [2.05, 4.69) is 22.9 Å². The largest absolute Gasteiger partial charge is 0.352 e. The maximum atomic E-state index is 11.4. The number of nitrogens with two attached hydrogens (primary N) is 1. The fourth-order valence-electron chi connectivity index (χ4n) is 2.21. The number of hydrogen-bond acceptors (Lipinski definition) is 2. The van der Waals surface area contributed by atoms with Gasteiger partial charge in [-0.2, -0.15) is 0 Å². The second-order valence-corrected chi connectivity index (χ2v) is 4.07. The Bertz CT molecular complexity index is 268. The molecule has 5 N–H and O–H groups in total. The maximum absolute atomic E-state index is 11.4. The van der Waals surface area contributed by atoms with Crippen molar-refractivity contribution in [3.63, 3.8) is 0 Å². The number of hydrogen-bond donors (Lipinski definition) is 4. The summed E-state index contributed by atoms with van der Waals surface area (Å²) in [6.45, 7) is 4.10. The molecule has 1 rings (SSSR count). The summed E-state index contributed by atoms with van der Waals surface area (Å²) in [6, 6.07) is -0.761. The van der Waals surface area contributed by atoms with Gasteiger partial charge in [-0.15, -0.1) is 0 Å². The highest BCUT2D eigenvalue weighted by Gasteiger charge is 2.35. The van der Waals surface area contributed by atoms with Crippen molar-refractivity contribution in [3.05, 3.63) is 0 Å². The van der Waals surface area contributed by atoms with Gasteiger partial charge in [0, 0.05) is 12.0 Å². The summed E-state index contributed by atoms with van der Waals surface area (Å²) in [5.41, 5.74) is 5.08. The molecule has 3 atom stereocenters. The number of primary amides is 1. The quantitative estimate of drug-likeness (QED) is 0.563. The van der Waals surface area contributed by atoms with Crippen LogP contribution in [-0.2, 0) is 0 Å². The SMILES string of the molecule is CCCC1NC(=O)NC(NC(N)=O)C1CC. The number of urea groups is 2. The van der Waals surface area contributed by atoms with Gasteiger partial charge in [0.05, 0.1) is 0 Å². The zero-order chi connectivity index (χ0) is 12.1. The highest BCUT2D eigenvalue weighted by molar-refractivity contribution is 5.77. The smallest absolute Gasteiger partial charge is 0.316 e. The second-order valence-electron chi connectivity index (χ2n) is 4.07. The minimum atomic E-state index is -0.610. The highest BCUT2D eigenvalue weighted by atomic mass is 16.2. The van der Waals surface area contributed by atoms with E-state index >= 15 is 0 Å². The van der Waals surface area contributed by atoms with E-state index in [1.165, 1.54) is 0 Å². The summed E-state index contributed by atoms with van der Waals surface area (Å²) in [5.74, 6) is 0.171. The van der Waals surface area contributed by atoms with Gasteiger partial charge in [0.1, 0.15) is 6.17 Å². The molecule has 16 heavy (non-hydrogen) atoms. The van der Waals surface area contributed by atoms with Gasteiger partial charge >= 0.3 is 12.1 Å². The Balaban J connectivity index is 2.72. The second kappa shape index (κ2) is 5.58. The Morgan fingerprint density at radius 1 is 1.44 bits per heavy atom. The summed E-state index contributed by atoms with van der Waals surface area (Å²) in [6.07, 6.45) is 2.39. The van der Waals surface area contributed by atoms with Gasteiger partial charge in [0.25, 0.3) is 0 Å². The van der Waals surface area contributed by atoms with Crippen molar-refractivity contribution in [3.8, 4) is 0 Å². The van der Waals surface area contributed by atoms with Gasteiger partial charge in [-0.1, -0.05) is 20.3 Å². The molecule has 0 aromatic carbocycles. The third-order valence-electron chi connectivity index (χ3n) is 2.92. The Kier molecular flexibility index (Phi) is 4.39. The third kappa shape index (κ3) is 3.01. The number of rotatable bonds is 4. The zero-order valence-corrected chi connectivity index (χ0v) is 9.75. The van der Waals surface area contributed by atoms with Gasteiger partial charge in [-0.05, 0) is 12.8 Å². The first-order chi connectivity index (χ1) is 7.58. The maximum Gasteiger partial charge on any atom is 0.316 e. The van der Waals surface area contributed by atoms with Crippen LogP contribution < -0.4 is 21.7 Å². The molecule has 1 aliphatic heterocycles. The zero-order valence-electron chi connectivity index (χ0n) is 9.75. The summed E-state index contributed by atoms with van der Waals surface area (Å²) < 4.78 is 0. The van der Waals surface area contributed by atoms with Crippen LogP contribution in [0.2, 0.25) is 0 Å². The van der Waals surface area contributed by atoms with Crippen molar-refractivity contribution in [2.45, 2.75) is 45.3 Å². The van der Waals surface area contributed by atoms with Crippen LogP contribution in [0.5, 0.6) is 0 Å². The van der Waals surface area contributed by atoms with Crippen LogP contribution in [0.15, 0.2) is 0 Å². The van der Waals surface area contributed by atoms with Crippen LogP contribution >= 0.6 is 0 Å². The molecule has 6 nitrogen and oxygen atoms in total. The predicted molar refractivity (Wildman–Crippen MR) is 60.7 cm³/mol. The van der Waals surface area contributed by atoms with E-state index in [4.69, 9.17) is 5.73 Å². The molecule has 0 aromatic heterocycles. The summed E-state index contributed by atoms with van der Waals surface area (Å²) in [5, 5.41) is 8.12. The normalized spacial score (nSPS) is 29.1. The van der Waals surface area contributed by atoms with E-state index in [0.717, 1.165) is 19.3 Å². The molecule has 4 amide bonds. The van der Waals surface area contributed by atoms with E-state index in [1.54, 1.807) is 0 Å². The fourth-order valence-corrected chi connectivity index (χ4v) is 2.21. The summed E-state index contributed by atoms with van der Waals surface area (Å²) in [4.78, 5) is 22.2. The summed E-state index contributed by atoms with van der Waals surface area (Å²) in [7, 11) is 0. The average molecular weight is 228 g/mol. The van der Waals surface area contributed by atoms with Crippen molar-refractivity contribution < 1.29 is 9.59 Å². The van der Waals surface area contributed by atoms with E-state index in [-0.39, 0.29) is 24.2 Å². The average Bonchev–Trinajstić information content (AvgIpc) is 2.16. The van der Waals surface area contributed by atoms with Crippen LogP contribution in [0, 0.1) is 5.92 Å². The molecule has 0 bridgehead atoms. The lowest BCUT2D eigenvalue weighted by Crippen LogP contribution is -2.66. The van der Waals surface area contributed by atoms with E-state index < -0.39 is 6.03 Å². The van der Waals surface area contributed by atoms with Gasteiger partial charge in [0.2, 0.25) is 0 Å². The van der Waals surface area contributed by atoms with Crippen molar-refractivity contribution in [2.75, 3.05) is 0 Å². The molecule has 1 aliphatic rings. The molecule has 0 radical (unpaired) electrons. The first-order valence-electron chi connectivity index (χ1n) is 5.71. The minimum Gasteiger partial charge on any atom is -0.352 e. The van der Waals surface area contributed by atoms with Gasteiger partial charge in [-0.3, -0.25) is 0 Å². The van der Waals surface area contributed by atoms with Crippen molar-refractivity contribution in [1.82, 2.24) is 16.0 Å². The summed E-state index contributed by atoms with van der Waals surface area (Å²) >= 11 is 0. The van der Waals surface area contributed by atoms with Gasteiger partial charge in [0.15, 0.2) is 0 Å². The van der Waals surface area contributed by atoms with E-state index in [9.17, 15) is 9.59 Å². The van der Waals surface area contributed by atoms with Crippen molar-refractivity contribution >= 4 is 12.1 Å². The molecule has 6 heteroatoms. The lowest BCUT2D eigenvalue weighted by Gasteiger charge is -2.38. The lowest BCUT2D eigenvalue weighted by molar-refractivity contribution is 0.169. The highest BCUT2D eigenvalue weighted by Crippen LogP contribution is 2.19. The van der Waals surface area contributed by atoms with E-state index in [0.29, 0.717) is 0 Å². The Morgan fingerprint density at radius 2 is 2.12 bits per heavy atom. The lowest BCUT2D eigenvalue weighted by atomic mass is 9.89. The van der Waals surface area contributed by atoms with Gasteiger partial charge in [-0.25, -0.2) is 9.59 Å². The van der Waals surface area contributed by atoms with Crippen molar-refractivity contribution in [2.24, 2.45) is 11.7 Å². The molecule has 1 heterocycles. The number of nitrogens with one attached hydrogen (secondary N) is 3. The molecular weight excluding hydrogens is 208 g/mol. The minimum absolute atomic E-state index is 0.0978. The van der Waals surface area contributed by atoms with Gasteiger partial charge < -0.3 is 21.7 Å². The molecule has 1 saturated heterocycles. The molecule has 0 saturated carbocycles. The first-order valence-corrected chi connectivity index (χ1v) is 5.71. The molecule has 3 unspecified atom stereocenters. The first kappa shape index (κ1) is 12.6. The van der Waals surface area contributed by atoms with Crippen LogP contribution in [0.3, 0.4) is 0 Å². The van der Waals surface area contributed by atoms with E-state index in [1.807, 2.05) is 6.92 Å². The molecule has 92 valence electrons. The number of carbonyl (C=O) groups is 2.